The van der Waals surface area contributed by atoms with E-state index in [2.05, 4.69) is 5.32 Å². The Balaban J connectivity index is 0.00000300. The predicted octanol–water partition coefficient (Wildman–Crippen LogP) is 5.01. The maximum atomic E-state index is 13.4. The highest BCUT2D eigenvalue weighted by Gasteiger charge is 2.43. The van der Waals surface area contributed by atoms with Crippen molar-refractivity contribution in [3.8, 4) is 0 Å². The van der Waals surface area contributed by atoms with Crippen LogP contribution in [0.4, 0.5) is 26.3 Å². The number of alkyl halides is 6. The van der Waals surface area contributed by atoms with Crippen molar-refractivity contribution >= 4 is 18.3 Å². The molecule has 0 aromatic heterocycles. The summed E-state index contributed by atoms with van der Waals surface area (Å²) >= 11 is 0. The van der Waals surface area contributed by atoms with Crippen LogP contribution in [0.3, 0.4) is 0 Å². The van der Waals surface area contributed by atoms with Gasteiger partial charge in [-0.15, -0.1) is 12.4 Å². The Morgan fingerprint density at radius 2 is 1.66 bits per heavy atom. The molecule has 0 spiro atoms. The van der Waals surface area contributed by atoms with Crippen LogP contribution in [0.2, 0.25) is 0 Å². The van der Waals surface area contributed by atoms with Crippen LogP contribution in [-0.4, -0.2) is 43.2 Å². The van der Waals surface area contributed by atoms with E-state index in [1.54, 1.807) is 0 Å². The maximum Gasteiger partial charge on any atom is 0.416 e. The van der Waals surface area contributed by atoms with Gasteiger partial charge in [0, 0.05) is 18.7 Å². The molecule has 0 radical (unpaired) electrons. The summed E-state index contributed by atoms with van der Waals surface area (Å²) in [5, 5.41) is 3.13. The summed E-state index contributed by atoms with van der Waals surface area (Å²) in [6.07, 6.45) is -7.66. The molecule has 1 atom stereocenters. The molecule has 29 heavy (non-hydrogen) atoms. The van der Waals surface area contributed by atoms with E-state index in [0.29, 0.717) is 31.5 Å². The van der Waals surface area contributed by atoms with E-state index >= 15 is 0 Å². The van der Waals surface area contributed by atoms with Crippen LogP contribution in [0, 0.1) is 5.92 Å². The Hall–Kier alpha value is -1.48. The normalized spacial score (nSPS) is 21.6. The largest absolute Gasteiger partial charge is 0.416 e. The van der Waals surface area contributed by atoms with Crippen molar-refractivity contribution in [2.45, 2.75) is 44.0 Å². The SMILES string of the molecule is Cl.O=C(c1cc(C2CCNCC2)cc(C(F)(F)F)c1)N1CCCC(C(F)(F)F)C1. The number of likely N-dealkylation sites (tertiary alicyclic amines) is 1. The third-order valence-electron chi connectivity index (χ3n) is 5.51. The number of hydrogen-bond donors (Lipinski definition) is 1. The standard InChI is InChI=1S/C19H22F6N2O.ClH/c20-18(21,22)15-2-1-7-27(11-15)17(28)14-8-13(12-3-5-26-6-4-12)9-16(10-14)19(23,24)25;/h8-10,12,15,26H,1-7,11H2;1H. The Labute approximate surface area is 171 Å². The number of carbonyl (C=O) groups is 1. The first-order chi connectivity index (χ1) is 13.1. The Kier molecular flexibility index (Phi) is 7.48. The van der Waals surface area contributed by atoms with E-state index in [-0.39, 0.29) is 43.3 Å². The average Bonchev–Trinajstić information content (AvgIpc) is 2.66. The van der Waals surface area contributed by atoms with E-state index < -0.39 is 36.3 Å². The first kappa shape index (κ1) is 23.8. The average molecular weight is 445 g/mol. The second-order valence-corrected chi connectivity index (χ2v) is 7.50. The molecule has 2 fully saturated rings. The quantitative estimate of drug-likeness (QED) is 0.650. The van der Waals surface area contributed by atoms with Crippen LogP contribution in [0.5, 0.6) is 0 Å². The van der Waals surface area contributed by atoms with Crippen molar-refractivity contribution in [3.63, 3.8) is 0 Å². The predicted molar refractivity (Wildman–Crippen MR) is 98.2 cm³/mol. The van der Waals surface area contributed by atoms with Gasteiger partial charge in [-0.3, -0.25) is 4.79 Å². The molecule has 0 aliphatic carbocycles. The van der Waals surface area contributed by atoms with E-state index in [4.69, 9.17) is 0 Å². The molecule has 2 saturated heterocycles. The second-order valence-electron chi connectivity index (χ2n) is 7.50. The monoisotopic (exact) mass is 444 g/mol. The van der Waals surface area contributed by atoms with Crippen LogP contribution in [0.15, 0.2) is 18.2 Å². The van der Waals surface area contributed by atoms with Gasteiger partial charge in [-0.2, -0.15) is 26.3 Å². The van der Waals surface area contributed by atoms with E-state index in [0.717, 1.165) is 17.0 Å². The number of nitrogens with zero attached hydrogens (tertiary/aromatic N) is 1. The topological polar surface area (TPSA) is 32.3 Å². The van der Waals surface area contributed by atoms with Gasteiger partial charge in [0.25, 0.3) is 5.91 Å². The maximum absolute atomic E-state index is 13.4. The lowest BCUT2D eigenvalue weighted by atomic mass is 9.87. The van der Waals surface area contributed by atoms with Crippen molar-refractivity contribution in [1.82, 2.24) is 10.2 Å². The molecule has 1 aromatic rings. The van der Waals surface area contributed by atoms with Gasteiger partial charge in [-0.05, 0) is 68.5 Å². The third kappa shape index (κ3) is 5.78. The van der Waals surface area contributed by atoms with Crippen molar-refractivity contribution in [1.29, 1.82) is 0 Å². The number of nitrogens with one attached hydrogen (secondary N) is 1. The zero-order valence-corrected chi connectivity index (χ0v) is 16.4. The minimum absolute atomic E-state index is 0. The second kappa shape index (κ2) is 9.12. The number of amides is 1. The number of benzene rings is 1. The summed E-state index contributed by atoms with van der Waals surface area (Å²) < 4.78 is 79.1. The third-order valence-corrected chi connectivity index (χ3v) is 5.51. The zero-order valence-electron chi connectivity index (χ0n) is 15.6. The minimum atomic E-state index is -4.63. The molecule has 1 amide bonds. The molecule has 164 valence electrons. The summed E-state index contributed by atoms with van der Waals surface area (Å²) in [6.45, 7) is 0.943. The smallest absolute Gasteiger partial charge is 0.338 e. The first-order valence-corrected chi connectivity index (χ1v) is 9.34. The first-order valence-electron chi connectivity index (χ1n) is 9.34. The molecule has 2 aliphatic heterocycles. The fraction of sp³-hybridized carbons (Fsp3) is 0.632. The molecular weight excluding hydrogens is 422 g/mol. The summed E-state index contributed by atoms with van der Waals surface area (Å²) in [6, 6.07) is 3.23. The van der Waals surface area contributed by atoms with Gasteiger partial charge in [0.1, 0.15) is 0 Å². The van der Waals surface area contributed by atoms with Gasteiger partial charge in [0.15, 0.2) is 0 Å². The van der Waals surface area contributed by atoms with Crippen molar-refractivity contribution in [2.24, 2.45) is 5.92 Å². The van der Waals surface area contributed by atoms with Gasteiger partial charge in [-0.25, -0.2) is 0 Å². The van der Waals surface area contributed by atoms with Gasteiger partial charge in [0.2, 0.25) is 0 Å². The lowest BCUT2D eigenvalue weighted by molar-refractivity contribution is -0.184. The molecule has 0 saturated carbocycles. The van der Waals surface area contributed by atoms with Crippen molar-refractivity contribution in [3.05, 3.63) is 34.9 Å². The molecule has 2 heterocycles. The van der Waals surface area contributed by atoms with Gasteiger partial charge >= 0.3 is 12.4 Å². The summed E-state index contributed by atoms with van der Waals surface area (Å²) in [5.41, 5.74) is -0.702. The molecule has 3 rings (SSSR count). The van der Waals surface area contributed by atoms with Crippen molar-refractivity contribution in [2.75, 3.05) is 26.2 Å². The molecule has 1 N–H and O–H groups in total. The van der Waals surface area contributed by atoms with Gasteiger partial charge in [0.05, 0.1) is 11.5 Å². The van der Waals surface area contributed by atoms with Crippen LogP contribution in [-0.2, 0) is 6.18 Å². The molecule has 1 aromatic carbocycles. The summed E-state index contributed by atoms with van der Waals surface area (Å²) in [7, 11) is 0. The van der Waals surface area contributed by atoms with Crippen LogP contribution < -0.4 is 5.32 Å². The molecule has 2 aliphatic rings. The van der Waals surface area contributed by atoms with Gasteiger partial charge in [-0.1, -0.05) is 0 Å². The van der Waals surface area contributed by atoms with Crippen LogP contribution in [0.1, 0.15) is 53.1 Å². The Morgan fingerprint density at radius 1 is 1.00 bits per heavy atom. The van der Waals surface area contributed by atoms with Crippen LogP contribution in [0.25, 0.3) is 0 Å². The minimum Gasteiger partial charge on any atom is -0.338 e. The highest BCUT2D eigenvalue weighted by atomic mass is 35.5. The molecular formula is C19H23ClF6N2O. The highest BCUT2D eigenvalue weighted by Crippen LogP contribution is 2.36. The highest BCUT2D eigenvalue weighted by molar-refractivity contribution is 5.94. The molecule has 0 bridgehead atoms. The van der Waals surface area contributed by atoms with Gasteiger partial charge < -0.3 is 10.2 Å². The molecule has 10 heteroatoms. The Bertz CT molecular complexity index is 716. The lowest BCUT2D eigenvalue weighted by Crippen LogP contribution is -2.44. The number of rotatable bonds is 2. The lowest BCUT2D eigenvalue weighted by Gasteiger charge is -2.34. The number of halogens is 7. The van der Waals surface area contributed by atoms with E-state index in [1.165, 1.54) is 6.07 Å². The zero-order chi connectivity index (χ0) is 20.5. The number of hydrogen-bond acceptors (Lipinski definition) is 2. The fourth-order valence-corrected chi connectivity index (χ4v) is 3.94. The summed E-state index contributed by atoms with van der Waals surface area (Å²) in [4.78, 5) is 13.8. The fourth-order valence-electron chi connectivity index (χ4n) is 3.94. The van der Waals surface area contributed by atoms with E-state index in [9.17, 15) is 31.1 Å². The van der Waals surface area contributed by atoms with E-state index in [1.807, 2.05) is 0 Å². The molecule has 3 nitrogen and oxygen atoms in total. The molecule has 1 unspecified atom stereocenters. The van der Waals surface area contributed by atoms with Crippen LogP contribution >= 0.6 is 12.4 Å². The number of piperidine rings is 2. The summed E-state index contributed by atoms with van der Waals surface area (Å²) in [5.74, 6) is -2.52. The number of carbonyl (C=O) groups excluding carboxylic acids is 1. The Morgan fingerprint density at radius 3 is 2.24 bits per heavy atom. The van der Waals surface area contributed by atoms with Crippen molar-refractivity contribution < 1.29 is 31.1 Å².